The van der Waals surface area contributed by atoms with E-state index in [1.54, 1.807) is 11.3 Å². The highest BCUT2D eigenvalue weighted by Crippen LogP contribution is 2.38. The van der Waals surface area contributed by atoms with Crippen LogP contribution in [0, 0.1) is 5.92 Å². The summed E-state index contributed by atoms with van der Waals surface area (Å²) >= 11 is 13.7. The van der Waals surface area contributed by atoms with Crippen molar-refractivity contribution in [1.82, 2.24) is 0 Å². The Bertz CT molecular complexity index is 281. The lowest BCUT2D eigenvalue weighted by molar-refractivity contribution is 0.185. The Morgan fingerprint density at radius 3 is 2.92 bits per heavy atom. The number of halogens is 2. The normalized spacial score (nSPS) is 24.9. The van der Waals surface area contributed by atoms with Crippen molar-refractivity contribution in [2.75, 3.05) is 13.2 Å². The van der Waals surface area contributed by atoms with Crippen molar-refractivity contribution in [3.63, 3.8) is 0 Å². The number of rotatable bonds is 2. The molecule has 0 bridgehead atoms. The van der Waals surface area contributed by atoms with Gasteiger partial charge in [0.2, 0.25) is 0 Å². The van der Waals surface area contributed by atoms with Crippen LogP contribution in [0.15, 0.2) is 12.1 Å². The third-order valence-electron chi connectivity index (χ3n) is 2.24. The highest BCUT2D eigenvalue weighted by Gasteiger charge is 2.26. The number of hydrogen-bond donors (Lipinski definition) is 0. The molecule has 1 saturated heterocycles. The molecule has 0 aromatic carbocycles. The first-order chi connectivity index (χ1) is 6.27. The molecule has 2 rings (SSSR count). The van der Waals surface area contributed by atoms with Crippen molar-refractivity contribution in [3.8, 4) is 0 Å². The molecule has 1 aromatic rings. The first-order valence-corrected chi connectivity index (χ1v) is 5.87. The second-order valence-electron chi connectivity index (χ2n) is 3.17. The minimum atomic E-state index is 0.0694. The molecule has 4 heteroatoms. The summed E-state index contributed by atoms with van der Waals surface area (Å²) in [6.07, 6.45) is 1.06. The van der Waals surface area contributed by atoms with Crippen LogP contribution in [0.25, 0.3) is 0 Å². The molecule has 1 aliphatic heterocycles. The molecular formula is C9H10Cl2OS. The lowest BCUT2D eigenvalue weighted by atomic mass is 10.0. The van der Waals surface area contributed by atoms with Crippen LogP contribution in [0.5, 0.6) is 0 Å². The summed E-state index contributed by atoms with van der Waals surface area (Å²) in [5.41, 5.74) is 0. The summed E-state index contributed by atoms with van der Waals surface area (Å²) < 4.78 is 6.10. The van der Waals surface area contributed by atoms with Gasteiger partial charge in [0.05, 0.1) is 16.3 Å². The second-order valence-corrected chi connectivity index (χ2v) is 5.38. The van der Waals surface area contributed by atoms with Gasteiger partial charge in [0.1, 0.15) is 0 Å². The maximum atomic E-state index is 6.30. The van der Waals surface area contributed by atoms with Crippen molar-refractivity contribution in [2.24, 2.45) is 5.92 Å². The van der Waals surface area contributed by atoms with Crippen molar-refractivity contribution in [1.29, 1.82) is 0 Å². The molecule has 0 spiro atoms. The molecule has 0 N–H and O–H groups in total. The van der Waals surface area contributed by atoms with Crippen LogP contribution in [-0.4, -0.2) is 13.2 Å². The summed E-state index contributed by atoms with van der Waals surface area (Å²) in [5, 5.41) is 0.0694. The highest BCUT2D eigenvalue weighted by atomic mass is 35.5. The molecule has 13 heavy (non-hydrogen) atoms. The van der Waals surface area contributed by atoms with Crippen LogP contribution in [0.3, 0.4) is 0 Å². The van der Waals surface area contributed by atoms with E-state index in [1.807, 2.05) is 12.1 Å². The predicted octanol–water partition coefficient (Wildman–Crippen LogP) is 3.72. The Labute approximate surface area is 91.6 Å². The SMILES string of the molecule is Clc1ccc(C(Cl)C2CCOC2)s1. The summed E-state index contributed by atoms with van der Waals surface area (Å²) in [6.45, 7) is 1.62. The minimum absolute atomic E-state index is 0.0694. The molecule has 2 unspecified atom stereocenters. The molecule has 2 atom stereocenters. The lowest BCUT2D eigenvalue weighted by Gasteiger charge is -2.12. The average Bonchev–Trinajstić information content (AvgIpc) is 2.72. The number of thiophene rings is 1. The summed E-state index contributed by atoms with van der Waals surface area (Å²) in [4.78, 5) is 1.15. The topological polar surface area (TPSA) is 9.23 Å². The lowest BCUT2D eigenvalue weighted by Crippen LogP contribution is -2.05. The number of ether oxygens (including phenoxy) is 1. The third-order valence-corrected chi connectivity index (χ3v) is 4.28. The fourth-order valence-electron chi connectivity index (χ4n) is 1.49. The summed E-state index contributed by atoms with van der Waals surface area (Å²) in [5.74, 6) is 0.455. The average molecular weight is 237 g/mol. The maximum Gasteiger partial charge on any atom is 0.0931 e. The summed E-state index contributed by atoms with van der Waals surface area (Å²) in [6, 6.07) is 3.90. The van der Waals surface area contributed by atoms with E-state index in [0.717, 1.165) is 28.8 Å². The van der Waals surface area contributed by atoms with Gasteiger partial charge >= 0.3 is 0 Å². The van der Waals surface area contributed by atoms with E-state index in [9.17, 15) is 0 Å². The zero-order valence-corrected chi connectivity index (χ0v) is 9.33. The number of alkyl halides is 1. The Balaban J connectivity index is 2.07. The van der Waals surface area contributed by atoms with Crippen LogP contribution in [-0.2, 0) is 4.74 Å². The van der Waals surface area contributed by atoms with Gasteiger partial charge in [-0.05, 0) is 18.6 Å². The minimum Gasteiger partial charge on any atom is -0.381 e. The van der Waals surface area contributed by atoms with Crippen LogP contribution in [0.2, 0.25) is 4.34 Å². The van der Waals surface area contributed by atoms with Gasteiger partial charge in [0, 0.05) is 17.4 Å². The van der Waals surface area contributed by atoms with Gasteiger partial charge in [0.15, 0.2) is 0 Å². The van der Waals surface area contributed by atoms with Gasteiger partial charge in [-0.1, -0.05) is 11.6 Å². The molecule has 1 fully saturated rings. The molecule has 2 heterocycles. The first-order valence-electron chi connectivity index (χ1n) is 4.24. The highest BCUT2D eigenvalue weighted by molar-refractivity contribution is 7.16. The largest absolute Gasteiger partial charge is 0.381 e. The summed E-state index contributed by atoms with van der Waals surface area (Å²) in [7, 11) is 0. The van der Waals surface area contributed by atoms with Crippen LogP contribution >= 0.6 is 34.5 Å². The fourth-order valence-corrected chi connectivity index (χ4v) is 3.03. The smallest absolute Gasteiger partial charge is 0.0931 e. The van der Waals surface area contributed by atoms with E-state index in [-0.39, 0.29) is 5.38 Å². The molecule has 0 saturated carbocycles. The first kappa shape index (κ1) is 9.78. The van der Waals surface area contributed by atoms with Gasteiger partial charge in [-0.2, -0.15) is 0 Å². The molecule has 1 aliphatic rings. The van der Waals surface area contributed by atoms with Crippen molar-refractivity contribution in [3.05, 3.63) is 21.3 Å². The zero-order chi connectivity index (χ0) is 9.26. The molecule has 0 aliphatic carbocycles. The Morgan fingerprint density at radius 2 is 2.38 bits per heavy atom. The van der Waals surface area contributed by atoms with Gasteiger partial charge < -0.3 is 4.74 Å². The van der Waals surface area contributed by atoms with E-state index in [1.165, 1.54) is 0 Å². The van der Waals surface area contributed by atoms with E-state index in [2.05, 4.69) is 0 Å². The van der Waals surface area contributed by atoms with Crippen LogP contribution < -0.4 is 0 Å². The van der Waals surface area contributed by atoms with E-state index in [4.69, 9.17) is 27.9 Å². The van der Waals surface area contributed by atoms with Crippen LogP contribution in [0.4, 0.5) is 0 Å². The Morgan fingerprint density at radius 1 is 1.54 bits per heavy atom. The molecule has 1 aromatic heterocycles. The van der Waals surface area contributed by atoms with Crippen molar-refractivity contribution < 1.29 is 4.74 Å². The van der Waals surface area contributed by atoms with Crippen molar-refractivity contribution >= 4 is 34.5 Å². The quantitative estimate of drug-likeness (QED) is 0.712. The van der Waals surface area contributed by atoms with E-state index in [0.29, 0.717) is 5.92 Å². The standard InChI is InChI=1S/C9H10Cl2OS/c10-8-2-1-7(13-8)9(11)6-3-4-12-5-6/h1-2,6,9H,3-5H2. The van der Waals surface area contributed by atoms with Crippen LogP contribution in [0.1, 0.15) is 16.7 Å². The monoisotopic (exact) mass is 236 g/mol. The molecule has 72 valence electrons. The third kappa shape index (κ3) is 2.18. The predicted molar refractivity (Wildman–Crippen MR) is 56.8 cm³/mol. The van der Waals surface area contributed by atoms with Gasteiger partial charge in [-0.25, -0.2) is 0 Å². The number of hydrogen-bond acceptors (Lipinski definition) is 2. The molecule has 0 radical (unpaired) electrons. The molecule has 1 nitrogen and oxygen atoms in total. The van der Waals surface area contributed by atoms with Gasteiger partial charge in [0.25, 0.3) is 0 Å². The fraction of sp³-hybridized carbons (Fsp3) is 0.556. The Kier molecular flexibility index (Phi) is 3.14. The van der Waals surface area contributed by atoms with Gasteiger partial charge in [-0.3, -0.25) is 0 Å². The zero-order valence-electron chi connectivity index (χ0n) is 7.00. The second kappa shape index (κ2) is 4.18. The molecule has 0 amide bonds. The Hall–Kier alpha value is 0.240. The molecular weight excluding hydrogens is 227 g/mol. The van der Waals surface area contributed by atoms with Crippen molar-refractivity contribution in [2.45, 2.75) is 11.8 Å². The van der Waals surface area contributed by atoms with E-state index >= 15 is 0 Å². The van der Waals surface area contributed by atoms with E-state index < -0.39 is 0 Å². The van der Waals surface area contributed by atoms with Gasteiger partial charge in [-0.15, -0.1) is 22.9 Å². The maximum absolute atomic E-state index is 6.30.